The minimum atomic E-state index is -3.83. The second-order valence-corrected chi connectivity index (χ2v) is 15.2. The van der Waals surface area contributed by atoms with E-state index < -0.39 is 50.9 Å². The molecule has 0 radical (unpaired) electrons. The molecular weight excluding hydrogens is 632 g/mol. The molecule has 3 heterocycles. The number of carbonyl (C=O) groups excluding carboxylic acids is 3. The number of hydrogen-bond donors (Lipinski definition) is 2. The standard InChI is InChI=1S/C36H40N4O7S/c1-23-34(42)40-22-26(47-32-20-30(24-11-5-4-6-12-24)37-29-15-9-8-14-28(29)32)19-31(40)33(41)38-36(35(43)39-48(44,45)27-16-17-27)21-25(36)13-7-2-3-10-18-46-23/h4-9,11-15,20,23,25-27,31H,2-3,10,16-19,21-22H2,1H3,(H,38,41)(H,39,43)/b13-7-/t23-,25-,26-,31+,36-/m1/s1. The van der Waals surface area contributed by atoms with Crippen LogP contribution in [0.25, 0.3) is 22.2 Å². The van der Waals surface area contributed by atoms with E-state index in [2.05, 4.69) is 10.0 Å². The number of rotatable bonds is 6. The van der Waals surface area contributed by atoms with Gasteiger partial charge in [0.1, 0.15) is 29.5 Å². The molecule has 2 aromatic carbocycles. The monoisotopic (exact) mass is 672 g/mol. The van der Waals surface area contributed by atoms with Gasteiger partial charge in [-0.2, -0.15) is 0 Å². The van der Waals surface area contributed by atoms with Crippen LogP contribution in [0.2, 0.25) is 0 Å². The number of allylic oxidation sites excluding steroid dienone is 1. The number of hydrogen-bond acceptors (Lipinski definition) is 8. The third kappa shape index (κ3) is 6.55. The first kappa shape index (κ1) is 32.3. The lowest BCUT2D eigenvalue weighted by atomic mass is 10.1. The lowest BCUT2D eigenvalue weighted by Gasteiger charge is -2.28. The summed E-state index contributed by atoms with van der Waals surface area (Å²) in [5.41, 5.74) is 0.986. The van der Waals surface area contributed by atoms with E-state index in [1.165, 1.54) is 4.90 Å². The molecule has 2 aliphatic carbocycles. The van der Waals surface area contributed by atoms with Crippen LogP contribution in [0, 0.1) is 5.92 Å². The number of amides is 3. The van der Waals surface area contributed by atoms with E-state index in [9.17, 15) is 22.8 Å². The number of carbonyl (C=O) groups is 3. The molecule has 3 amide bonds. The van der Waals surface area contributed by atoms with Crippen LogP contribution in [0.5, 0.6) is 5.75 Å². The molecule has 5 atom stereocenters. The molecule has 1 aromatic heterocycles. The van der Waals surface area contributed by atoms with Gasteiger partial charge >= 0.3 is 0 Å². The van der Waals surface area contributed by atoms with Gasteiger partial charge in [0.25, 0.3) is 11.8 Å². The zero-order chi connectivity index (χ0) is 33.5. The van der Waals surface area contributed by atoms with Crippen molar-refractivity contribution in [2.24, 2.45) is 5.92 Å². The van der Waals surface area contributed by atoms with Gasteiger partial charge < -0.3 is 19.7 Å². The lowest BCUT2D eigenvalue weighted by molar-refractivity contribution is -0.147. The minimum absolute atomic E-state index is 0.126. The molecule has 2 saturated carbocycles. The van der Waals surface area contributed by atoms with Gasteiger partial charge in [-0.25, -0.2) is 13.4 Å². The molecule has 3 fully saturated rings. The van der Waals surface area contributed by atoms with Crippen molar-refractivity contribution in [3.05, 3.63) is 72.8 Å². The van der Waals surface area contributed by atoms with Crippen LogP contribution in [-0.2, 0) is 29.1 Å². The van der Waals surface area contributed by atoms with Crippen LogP contribution in [0.4, 0.5) is 0 Å². The summed E-state index contributed by atoms with van der Waals surface area (Å²) in [6.45, 7) is 2.20. The van der Waals surface area contributed by atoms with Gasteiger partial charge in [-0.15, -0.1) is 0 Å². The maximum atomic E-state index is 14.1. The fourth-order valence-electron chi connectivity index (χ4n) is 6.71. The molecule has 0 spiro atoms. The van der Waals surface area contributed by atoms with E-state index in [0.29, 0.717) is 25.2 Å². The van der Waals surface area contributed by atoms with Gasteiger partial charge in [-0.05, 0) is 57.6 Å². The topological polar surface area (TPSA) is 144 Å². The van der Waals surface area contributed by atoms with Crippen LogP contribution in [-0.4, -0.2) is 78.2 Å². The van der Waals surface area contributed by atoms with Crippen molar-refractivity contribution in [2.75, 3.05) is 13.2 Å². The van der Waals surface area contributed by atoms with Crippen molar-refractivity contribution < 1.29 is 32.3 Å². The number of benzene rings is 2. The van der Waals surface area contributed by atoms with Crippen LogP contribution >= 0.6 is 0 Å². The Morgan fingerprint density at radius 3 is 2.65 bits per heavy atom. The summed E-state index contributed by atoms with van der Waals surface area (Å²) in [4.78, 5) is 47.8. The predicted molar refractivity (Wildman–Crippen MR) is 179 cm³/mol. The van der Waals surface area contributed by atoms with Crippen LogP contribution in [0.1, 0.15) is 51.9 Å². The number of pyridine rings is 1. The number of aromatic nitrogens is 1. The first-order valence-electron chi connectivity index (χ1n) is 16.7. The molecule has 4 aliphatic rings. The molecule has 2 aliphatic heterocycles. The molecule has 12 heteroatoms. The van der Waals surface area contributed by atoms with Gasteiger partial charge in [0.2, 0.25) is 15.9 Å². The Hall–Kier alpha value is -4.29. The summed E-state index contributed by atoms with van der Waals surface area (Å²) >= 11 is 0. The smallest absolute Gasteiger partial charge is 0.259 e. The first-order chi connectivity index (χ1) is 23.1. The Morgan fingerprint density at radius 2 is 1.85 bits per heavy atom. The Kier molecular flexibility index (Phi) is 8.71. The summed E-state index contributed by atoms with van der Waals surface area (Å²) in [5, 5.41) is 3.12. The highest BCUT2D eigenvalue weighted by molar-refractivity contribution is 7.91. The van der Waals surface area contributed by atoms with Crippen LogP contribution < -0.4 is 14.8 Å². The molecule has 0 unspecified atom stereocenters. The number of ether oxygens (including phenoxy) is 2. The third-order valence-corrected chi connectivity index (χ3v) is 11.5. The average molecular weight is 673 g/mol. The van der Waals surface area contributed by atoms with Crippen LogP contribution in [0.3, 0.4) is 0 Å². The maximum absolute atomic E-state index is 14.1. The van der Waals surface area contributed by atoms with E-state index in [0.717, 1.165) is 41.4 Å². The molecule has 1 saturated heterocycles. The number of fused-ring (bicyclic) bond motifs is 3. The normalized spacial score (nSPS) is 28.7. The Balaban J connectivity index is 1.18. The zero-order valence-corrected chi connectivity index (χ0v) is 27.7. The van der Waals surface area contributed by atoms with Crippen LogP contribution in [0.15, 0.2) is 72.8 Å². The number of nitrogens with zero attached hydrogens (tertiary/aromatic N) is 2. The second-order valence-electron chi connectivity index (χ2n) is 13.3. The minimum Gasteiger partial charge on any atom is -0.488 e. The molecule has 252 valence electrons. The molecule has 7 rings (SSSR count). The SMILES string of the molecule is C[C@H]1OCCCC/C=C\[C@@H]2C[C@@]2(C(=O)NS(=O)(=O)C2CC2)NC(=O)[C@@H]2C[C@@H](Oc3cc(-c4ccccc4)nc4ccccc34)CN2C1=O. The van der Waals surface area contributed by atoms with Crippen molar-refractivity contribution >= 4 is 38.6 Å². The van der Waals surface area contributed by atoms with E-state index in [1.807, 2.05) is 72.8 Å². The quantitative estimate of drug-likeness (QED) is 0.376. The molecular formula is C36H40N4O7S. The highest BCUT2D eigenvalue weighted by Crippen LogP contribution is 2.46. The summed E-state index contributed by atoms with van der Waals surface area (Å²) < 4.78 is 40.2. The molecule has 2 N–H and O–H groups in total. The van der Waals surface area contributed by atoms with E-state index in [-0.39, 0.29) is 31.2 Å². The Labute approximate surface area is 280 Å². The first-order valence-corrected chi connectivity index (χ1v) is 18.3. The van der Waals surface area contributed by atoms with E-state index >= 15 is 0 Å². The lowest BCUT2D eigenvalue weighted by Crippen LogP contribution is -2.57. The summed E-state index contributed by atoms with van der Waals surface area (Å²) in [5.74, 6) is -1.40. The van der Waals surface area contributed by atoms with Gasteiger partial charge in [-0.3, -0.25) is 19.1 Å². The maximum Gasteiger partial charge on any atom is 0.259 e. The van der Waals surface area contributed by atoms with Gasteiger partial charge in [0.15, 0.2) is 0 Å². The summed E-state index contributed by atoms with van der Waals surface area (Å²) in [6.07, 6.45) is 6.24. The third-order valence-electron chi connectivity index (χ3n) is 9.70. The molecule has 0 bridgehead atoms. The van der Waals surface area contributed by atoms with Crippen molar-refractivity contribution in [3.63, 3.8) is 0 Å². The Bertz CT molecular complexity index is 1860. The van der Waals surface area contributed by atoms with Crippen molar-refractivity contribution in [1.82, 2.24) is 19.9 Å². The van der Waals surface area contributed by atoms with Crippen molar-refractivity contribution in [3.8, 4) is 17.0 Å². The Morgan fingerprint density at radius 1 is 1.08 bits per heavy atom. The van der Waals surface area contributed by atoms with E-state index in [4.69, 9.17) is 14.5 Å². The zero-order valence-electron chi connectivity index (χ0n) is 26.8. The predicted octanol–water partition coefficient (Wildman–Crippen LogP) is 3.88. The van der Waals surface area contributed by atoms with Gasteiger partial charge in [0.05, 0.1) is 23.0 Å². The fourth-order valence-corrected chi connectivity index (χ4v) is 8.07. The average Bonchev–Trinajstić information content (AvgIpc) is 4.01. The van der Waals surface area contributed by atoms with Gasteiger partial charge in [0, 0.05) is 36.0 Å². The largest absolute Gasteiger partial charge is 0.488 e. The number of nitrogens with one attached hydrogen (secondary N) is 2. The highest BCUT2D eigenvalue weighted by atomic mass is 32.2. The van der Waals surface area contributed by atoms with Crippen molar-refractivity contribution in [2.45, 2.75) is 80.9 Å². The summed E-state index contributed by atoms with van der Waals surface area (Å²) in [7, 11) is -3.83. The van der Waals surface area contributed by atoms with Crippen molar-refractivity contribution in [1.29, 1.82) is 0 Å². The second kappa shape index (κ2) is 13.0. The molecule has 11 nitrogen and oxygen atoms in total. The molecule has 48 heavy (non-hydrogen) atoms. The fraction of sp³-hybridized carbons (Fsp3) is 0.444. The number of para-hydroxylation sites is 1. The highest BCUT2D eigenvalue weighted by Gasteiger charge is 2.62. The number of sulfonamides is 1. The summed E-state index contributed by atoms with van der Waals surface area (Å²) in [6, 6.07) is 18.3. The van der Waals surface area contributed by atoms with Gasteiger partial charge in [-0.1, -0.05) is 54.6 Å². The van der Waals surface area contributed by atoms with E-state index in [1.54, 1.807) is 6.92 Å². The molecule has 3 aromatic rings.